The molecule has 0 aromatic rings. The van der Waals surface area contributed by atoms with Crippen LogP contribution in [0.2, 0.25) is 0 Å². The molecule has 100 valence electrons. The minimum Gasteiger partial charge on any atom is -0.377 e. The fourth-order valence-corrected chi connectivity index (χ4v) is 5.60. The van der Waals surface area contributed by atoms with Gasteiger partial charge in [-0.3, -0.25) is 0 Å². The van der Waals surface area contributed by atoms with Crippen molar-refractivity contribution in [2.75, 3.05) is 13.2 Å². The van der Waals surface area contributed by atoms with Gasteiger partial charge in [0.1, 0.15) is 0 Å². The summed E-state index contributed by atoms with van der Waals surface area (Å²) >= 11 is 0. The van der Waals surface area contributed by atoms with E-state index in [0.717, 1.165) is 25.8 Å². The molecule has 1 saturated carbocycles. The Hall–Kier alpha value is -0.130. The molecule has 1 saturated heterocycles. The van der Waals surface area contributed by atoms with Crippen LogP contribution in [-0.2, 0) is 14.6 Å². The molecule has 4 nitrogen and oxygen atoms in total. The standard InChI is InChI=1S/C12H23NO3S/c1-3-13-10-4-5-11(8-10)17(14,15)12-6-7-16-9(12)2/h9-13H,3-8H2,1-2H3. The fraction of sp³-hybridized carbons (Fsp3) is 1.00. The molecule has 2 fully saturated rings. The van der Waals surface area contributed by atoms with Crippen LogP contribution < -0.4 is 5.32 Å². The maximum atomic E-state index is 12.5. The van der Waals surface area contributed by atoms with Gasteiger partial charge in [0.15, 0.2) is 9.84 Å². The highest BCUT2D eigenvalue weighted by molar-refractivity contribution is 7.92. The Bertz CT molecular complexity index is 355. The zero-order chi connectivity index (χ0) is 12.5. The summed E-state index contributed by atoms with van der Waals surface area (Å²) in [5.41, 5.74) is 0. The van der Waals surface area contributed by atoms with Crippen LogP contribution >= 0.6 is 0 Å². The van der Waals surface area contributed by atoms with Crippen molar-refractivity contribution in [3.05, 3.63) is 0 Å². The van der Waals surface area contributed by atoms with E-state index >= 15 is 0 Å². The van der Waals surface area contributed by atoms with Gasteiger partial charge in [-0.25, -0.2) is 8.42 Å². The van der Waals surface area contributed by atoms with Crippen molar-refractivity contribution in [1.82, 2.24) is 5.32 Å². The van der Waals surface area contributed by atoms with Crippen molar-refractivity contribution in [3.63, 3.8) is 0 Å². The Morgan fingerprint density at radius 1 is 1.29 bits per heavy atom. The summed E-state index contributed by atoms with van der Waals surface area (Å²) in [6.45, 7) is 5.45. The molecule has 1 N–H and O–H groups in total. The zero-order valence-corrected chi connectivity index (χ0v) is 11.5. The summed E-state index contributed by atoms with van der Waals surface area (Å²) in [5, 5.41) is 2.93. The maximum absolute atomic E-state index is 12.5. The molecular formula is C12H23NO3S. The van der Waals surface area contributed by atoms with Crippen LogP contribution in [0.1, 0.15) is 39.5 Å². The van der Waals surface area contributed by atoms with Gasteiger partial charge in [-0.15, -0.1) is 0 Å². The first-order chi connectivity index (χ1) is 8.05. The number of hydrogen-bond acceptors (Lipinski definition) is 4. The molecule has 0 spiro atoms. The molecule has 2 aliphatic rings. The quantitative estimate of drug-likeness (QED) is 0.823. The number of nitrogens with one attached hydrogen (secondary N) is 1. The Labute approximate surface area is 104 Å². The highest BCUT2D eigenvalue weighted by Crippen LogP contribution is 2.32. The Balaban J connectivity index is 2.02. The number of rotatable bonds is 4. The van der Waals surface area contributed by atoms with Gasteiger partial charge in [0, 0.05) is 12.6 Å². The third kappa shape index (κ3) is 2.66. The van der Waals surface area contributed by atoms with Crippen LogP contribution in [0.3, 0.4) is 0 Å². The Morgan fingerprint density at radius 3 is 2.65 bits per heavy atom. The van der Waals surface area contributed by atoms with E-state index in [0.29, 0.717) is 19.1 Å². The second-order valence-corrected chi connectivity index (χ2v) is 7.63. The Morgan fingerprint density at radius 2 is 2.06 bits per heavy atom. The zero-order valence-electron chi connectivity index (χ0n) is 10.7. The average Bonchev–Trinajstić information content (AvgIpc) is 2.87. The van der Waals surface area contributed by atoms with Gasteiger partial charge >= 0.3 is 0 Å². The molecule has 1 aliphatic heterocycles. The molecule has 0 aromatic heterocycles. The van der Waals surface area contributed by atoms with E-state index in [1.807, 2.05) is 6.92 Å². The van der Waals surface area contributed by atoms with Crippen LogP contribution in [0, 0.1) is 0 Å². The SMILES string of the molecule is CCNC1CCC(S(=O)(=O)C2CCOC2C)C1. The fourth-order valence-electron chi connectivity index (χ4n) is 3.10. The van der Waals surface area contributed by atoms with Crippen molar-refractivity contribution in [3.8, 4) is 0 Å². The van der Waals surface area contributed by atoms with E-state index in [1.165, 1.54) is 0 Å². The van der Waals surface area contributed by atoms with E-state index in [9.17, 15) is 8.42 Å². The van der Waals surface area contributed by atoms with Crippen molar-refractivity contribution >= 4 is 9.84 Å². The number of sulfone groups is 1. The first-order valence-electron chi connectivity index (χ1n) is 6.63. The van der Waals surface area contributed by atoms with Crippen LogP contribution in [0.25, 0.3) is 0 Å². The van der Waals surface area contributed by atoms with Gasteiger partial charge in [0.2, 0.25) is 0 Å². The van der Waals surface area contributed by atoms with E-state index < -0.39 is 9.84 Å². The molecule has 2 rings (SSSR count). The summed E-state index contributed by atoms with van der Waals surface area (Å²) in [6.07, 6.45) is 3.12. The molecular weight excluding hydrogens is 238 g/mol. The summed E-state index contributed by atoms with van der Waals surface area (Å²) in [4.78, 5) is 0. The molecule has 17 heavy (non-hydrogen) atoms. The average molecular weight is 261 g/mol. The molecule has 4 atom stereocenters. The summed E-state index contributed by atoms with van der Waals surface area (Å²) in [5.74, 6) is 0. The molecule has 4 unspecified atom stereocenters. The predicted molar refractivity (Wildman–Crippen MR) is 67.8 cm³/mol. The van der Waals surface area contributed by atoms with Gasteiger partial charge in [-0.1, -0.05) is 6.92 Å². The molecule has 5 heteroatoms. The largest absolute Gasteiger partial charge is 0.377 e. The highest BCUT2D eigenvalue weighted by Gasteiger charge is 2.43. The second-order valence-electron chi connectivity index (χ2n) is 5.18. The predicted octanol–water partition coefficient (Wildman–Crippen LogP) is 1.11. The van der Waals surface area contributed by atoms with Crippen LogP contribution in [0.4, 0.5) is 0 Å². The van der Waals surface area contributed by atoms with Crippen LogP contribution in [0.15, 0.2) is 0 Å². The van der Waals surface area contributed by atoms with Crippen LogP contribution in [-0.4, -0.2) is 44.2 Å². The first-order valence-corrected chi connectivity index (χ1v) is 8.24. The van der Waals surface area contributed by atoms with Crippen LogP contribution in [0.5, 0.6) is 0 Å². The molecule has 0 aromatic carbocycles. The third-order valence-electron chi connectivity index (χ3n) is 4.07. The maximum Gasteiger partial charge on any atom is 0.158 e. The molecule has 1 aliphatic carbocycles. The van der Waals surface area contributed by atoms with E-state index in [-0.39, 0.29) is 16.6 Å². The smallest absolute Gasteiger partial charge is 0.158 e. The number of hydrogen-bond donors (Lipinski definition) is 1. The Kier molecular flexibility index (Phi) is 4.10. The van der Waals surface area contributed by atoms with Gasteiger partial charge < -0.3 is 10.1 Å². The molecule has 1 heterocycles. The summed E-state index contributed by atoms with van der Waals surface area (Å²) < 4.78 is 30.4. The van der Waals surface area contributed by atoms with Crippen molar-refractivity contribution in [2.45, 2.75) is 62.2 Å². The lowest BCUT2D eigenvalue weighted by molar-refractivity contribution is 0.126. The molecule has 0 radical (unpaired) electrons. The van der Waals surface area contributed by atoms with Gasteiger partial charge in [0.25, 0.3) is 0 Å². The van der Waals surface area contributed by atoms with E-state index in [1.54, 1.807) is 0 Å². The number of ether oxygens (including phenoxy) is 1. The normalized spacial score (nSPS) is 38.7. The molecule has 0 amide bonds. The van der Waals surface area contributed by atoms with Gasteiger partial charge in [-0.2, -0.15) is 0 Å². The summed E-state index contributed by atoms with van der Waals surface area (Å²) in [6, 6.07) is 0.386. The lowest BCUT2D eigenvalue weighted by Crippen LogP contribution is -2.36. The molecule has 0 bridgehead atoms. The van der Waals surface area contributed by atoms with Crippen molar-refractivity contribution < 1.29 is 13.2 Å². The minimum absolute atomic E-state index is 0.127. The minimum atomic E-state index is -3.00. The van der Waals surface area contributed by atoms with Crippen molar-refractivity contribution in [1.29, 1.82) is 0 Å². The monoisotopic (exact) mass is 261 g/mol. The summed E-state index contributed by atoms with van der Waals surface area (Å²) in [7, 11) is -3.00. The highest BCUT2D eigenvalue weighted by atomic mass is 32.2. The first kappa shape index (κ1) is 13.3. The lowest BCUT2D eigenvalue weighted by Gasteiger charge is -2.20. The van der Waals surface area contributed by atoms with Gasteiger partial charge in [-0.05, 0) is 39.2 Å². The van der Waals surface area contributed by atoms with Gasteiger partial charge in [0.05, 0.1) is 16.6 Å². The lowest BCUT2D eigenvalue weighted by atomic mass is 10.2. The third-order valence-corrected chi connectivity index (χ3v) is 6.89. The van der Waals surface area contributed by atoms with E-state index in [4.69, 9.17) is 4.74 Å². The topological polar surface area (TPSA) is 55.4 Å². The second kappa shape index (κ2) is 5.24. The van der Waals surface area contributed by atoms with E-state index in [2.05, 4.69) is 12.2 Å². The van der Waals surface area contributed by atoms with Crippen molar-refractivity contribution in [2.24, 2.45) is 0 Å².